The summed E-state index contributed by atoms with van der Waals surface area (Å²) in [5, 5.41) is 36.5. The first-order valence-corrected chi connectivity index (χ1v) is 10.4. The van der Waals surface area contributed by atoms with Crippen molar-refractivity contribution >= 4 is 33.1 Å². The number of nitrogens with zero attached hydrogens (tertiary/aromatic N) is 5. The molecule has 15 nitrogen and oxygen atoms in total. The Kier molecular flexibility index (Phi) is 7.84. The van der Waals surface area contributed by atoms with E-state index in [0.717, 1.165) is 6.07 Å². The molecule has 32 heavy (non-hydrogen) atoms. The van der Waals surface area contributed by atoms with Crippen LogP contribution in [0.4, 0.5) is 17.1 Å². The van der Waals surface area contributed by atoms with Crippen molar-refractivity contribution in [2.45, 2.75) is 30.6 Å². The average molecular weight is 470 g/mol. The summed E-state index contributed by atoms with van der Waals surface area (Å²) in [5.74, 6) is -2.94. The number of carbonyl (C=O) groups excluding carboxylic acids is 1. The summed E-state index contributed by atoms with van der Waals surface area (Å²) in [5.41, 5.74) is 8.49. The highest BCUT2D eigenvalue weighted by Crippen LogP contribution is 2.30. The topological polar surface area (TPSA) is 230 Å². The Morgan fingerprint density at radius 3 is 2.59 bits per heavy atom. The number of carbonyl (C=O) groups is 1. The molecular weight excluding hydrogens is 452 g/mol. The summed E-state index contributed by atoms with van der Waals surface area (Å²) in [6.45, 7) is 0.341. The monoisotopic (exact) mass is 470 g/mol. The summed E-state index contributed by atoms with van der Waals surface area (Å²) < 4.78 is 31.2. The van der Waals surface area contributed by atoms with Crippen LogP contribution in [0.15, 0.2) is 34.3 Å². The minimum Gasteiger partial charge on any atom is -0.492 e. The third kappa shape index (κ3) is 6.24. The van der Waals surface area contributed by atoms with Gasteiger partial charge in [0.15, 0.2) is 4.90 Å². The minimum atomic E-state index is -4.83. The Morgan fingerprint density at radius 1 is 1.28 bits per heavy atom. The summed E-state index contributed by atoms with van der Waals surface area (Å²) in [4.78, 5) is 28.6. The van der Waals surface area contributed by atoms with Crippen LogP contribution in [-0.4, -0.2) is 45.4 Å². The van der Waals surface area contributed by atoms with Gasteiger partial charge in [0, 0.05) is 35.7 Å². The molecule has 16 heteroatoms. The van der Waals surface area contributed by atoms with E-state index in [1.54, 1.807) is 0 Å². The van der Waals surface area contributed by atoms with Gasteiger partial charge in [0.2, 0.25) is 5.88 Å². The van der Waals surface area contributed by atoms with Crippen LogP contribution in [0.5, 0.6) is 11.8 Å². The van der Waals surface area contributed by atoms with Crippen molar-refractivity contribution < 1.29 is 37.7 Å². The van der Waals surface area contributed by atoms with E-state index in [-0.39, 0.29) is 28.2 Å². The molecule has 0 fully saturated rings. The van der Waals surface area contributed by atoms with Crippen molar-refractivity contribution in [2.75, 3.05) is 11.9 Å². The number of hydrogen-bond donors (Lipinski definition) is 4. The highest BCUT2D eigenvalue weighted by molar-refractivity contribution is 7.86. The molecule has 0 radical (unpaired) electrons. The molecule has 1 heterocycles. The van der Waals surface area contributed by atoms with Crippen molar-refractivity contribution in [2.24, 2.45) is 5.11 Å². The van der Waals surface area contributed by atoms with Gasteiger partial charge in [-0.1, -0.05) is 17.6 Å². The average Bonchev–Trinajstić information content (AvgIpc) is 3.00. The predicted molar refractivity (Wildman–Crippen MR) is 108 cm³/mol. The Bertz CT molecular complexity index is 1170. The van der Waals surface area contributed by atoms with E-state index in [0.29, 0.717) is 31.9 Å². The standard InChI is InChI=1S/C16H18N6O9S/c17-20-19-10-5-6-11(12(8-10)22(26)27)18-7-3-1-2-4-15(24)31-21-14(23)9-13(16(21)25)32(28,29)30/h5-6,8-9,18,23,25H,1-4,7H2,(H,28,29,30). The van der Waals surface area contributed by atoms with Crippen LogP contribution in [0, 0.1) is 10.1 Å². The molecule has 0 saturated carbocycles. The SMILES string of the molecule is [N-]=[N+]=Nc1ccc(NCCCCCC(=O)On2c(O)cc(S(=O)(=O)O)c2O)c([N+](=O)[O-])c1. The van der Waals surface area contributed by atoms with Gasteiger partial charge in [-0.3, -0.25) is 14.7 Å². The summed E-state index contributed by atoms with van der Waals surface area (Å²) >= 11 is 0. The number of rotatable bonds is 11. The molecule has 0 saturated heterocycles. The molecule has 0 spiro atoms. The predicted octanol–water partition coefficient (Wildman–Crippen LogP) is 2.62. The van der Waals surface area contributed by atoms with Crippen LogP contribution >= 0.6 is 0 Å². The molecule has 4 N–H and O–H groups in total. The first-order valence-electron chi connectivity index (χ1n) is 8.94. The Balaban J connectivity index is 1.81. The third-order valence-electron chi connectivity index (χ3n) is 4.06. The summed E-state index contributed by atoms with van der Waals surface area (Å²) in [6.07, 6.45) is 1.22. The molecule has 0 aliphatic rings. The van der Waals surface area contributed by atoms with Crippen LogP contribution in [0.1, 0.15) is 25.7 Å². The second-order valence-corrected chi connectivity index (χ2v) is 7.70. The van der Waals surface area contributed by atoms with Gasteiger partial charge in [-0.15, -0.1) is 4.73 Å². The number of nitro groups is 1. The number of azide groups is 1. The molecule has 0 unspecified atom stereocenters. The van der Waals surface area contributed by atoms with Crippen molar-refractivity contribution in [3.63, 3.8) is 0 Å². The zero-order chi connectivity index (χ0) is 23.9. The van der Waals surface area contributed by atoms with Gasteiger partial charge >= 0.3 is 5.97 Å². The maximum atomic E-state index is 11.8. The van der Waals surface area contributed by atoms with E-state index < -0.39 is 37.7 Å². The number of aromatic nitrogens is 1. The van der Waals surface area contributed by atoms with Crippen LogP contribution in [-0.2, 0) is 14.9 Å². The molecule has 0 atom stereocenters. The number of nitrogens with one attached hydrogen (secondary N) is 1. The lowest BCUT2D eigenvalue weighted by molar-refractivity contribution is -0.383. The Morgan fingerprint density at radius 2 is 2.00 bits per heavy atom. The number of anilines is 1. The number of hydrogen-bond acceptors (Lipinski definition) is 10. The van der Waals surface area contributed by atoms with Crippen molar-refractivity contribution in [1.82, 2.24) is 4.73 Å². The maximum absolute atomic E-state index is 11.8. The molecule has 2 aromatic rings. The van der Waals surface area contributed by atoms with Crippen LogP contribution in [0.3, 0.4) is 0 Å². The molecule has 172 valence electrons. The summed E-state index contributed by atoms with van der Waals surface area (Å²) in [6, 6.07) is 4.49. The van der Waals surface area contributed by atoms with Crippen LogP contribution in [0.2, 0.25) is 0 Å². The van der Waals surface area contributed by atoms with E-state index >= 15 is 0 Å². The number of nitro benzene ring substituents is 1. The number of benzene rings is 1. The Labute approximate surface area is 180 Å². The molecule has 0 bridgehead atoms. The fraction of sp³-hybridized carbons (Fsp3) is 0.312. The van der Waals surface area contributed by atoms with Crippen molar-refractivity contribution in [3.8, 4) is 11.8 Å². The molecule has 1 aromatic carbocycles. The van der Waals surface area contributed by atoms with Gasteiger partial charge in [-0.2, -0.15) is 8.42 Å². The molecule has 2 rings (SSSR count). The third-order valence-corrected chi connectivity index (χ3v) is 4.92. The summed E-state index contributed by atoms with van der Waals surface area (Å²) in [7, 11) is -4.83. The zero-order valence-corrected chi connectivity index (χ0v) is 17.1. The van der Waals surface area contributed by atoms with Gasteiger partial charge in [-0.05, 0) is 24.4 Å². The van der Waals surface area contributed by atoms with Gasteiger partial charge in [-0.25, -0.2) is 4.79 Å². The van der Waals surface area contributed by atoms with E-state index in [4.69, 9.17) is 10.1 Å². The number of unbranched alkanes of at least 4 members (excludes halogenated alkanes) is 2. The van der Waals surface area contributed by atoms with Crippen molar-refractivity contribution in [1.29, 1.82) is 0 Å². The molecule has 0 aliphatic carbocycles. The minimum absolute atomic E-state index is 0.103. The van der Waals surface area contributed by atoms with E-state index in [1.807, 2.05) is 0 Å². The lowest BCUT2D eigenvalue weighted by Crippen LogP contribution is -2.19. The second kappa shape index (κ2) is 10.3. The quantitative estimate of drug-likeness (QED) is 0.0712. The first kappa shape index (κ1) is 24.3. The van der Waals surface area contributed by atoms with Gasteiger partial charge in [0.25, 0.3) is 21.7 Å². The largest absolute Gasteiger partial charge is 0.492 e. The first-order chi connectivity index (χ1) is 15.0. The zero-order valence-electron chi connectivity index (χ0n) is 16.3. The van der Waals surface area contributed by atoms with Crippen LogP contribution in [0.25, 0.3) is 10.4 Å². The normalized spacial score (nSPS) is 10.9. The lowest BCUT2D eigenvalue weighted by atomic mass is 10.2. The van der Waals surface area contributed by atoms with E-state index in [1.165, 1.54) is 12.1 Å². The highest BCUT2D eigenvalue weighted by Gasteiger charge is 2.25. The molecule has 0 amide bonds. The van der Waals surface area contributed by atoms with Gasteiger partial charge in [0.05, 0.1) is 4.92 Å². The molecular formula is C16H18N6O9S. The molecule has 0 aliphatic heterocycles. The lowest BCUT2D eigenvalue weighted by Gasteiger charge is -2.08. The molecule has 1 aromatic heterocycles. The Hall–Kier alpha value is -4.01. The fourth-order valence-electron chi connectivity index (χ4n) is 2.60. The smallest absolute Gasteiger partial charge is 0.333 e. The maximum Gasteiger partial charge on any atom is 0.333 e. The van der Waals surface area contributed by atoms with Crippen molar-refractivity contribution in [3.05, 3.63) is 44.8 Å². The van der Waals surface area contributed by atoms with Gasteiger partial charge in [0.1, 0.15) is 5.69 Å². The van der Waals surface area contributed by atoms with Gasteiger partial charge < -0.3 is 20.4 Å². The highest BCUT2D eigenvalue weighted by atomic mass is 32.2. The second-order valence-electron chi connectivity index (χ2n) is 6.31. The van der Waals surface area contributed by atoms with Crippen LogP contribution < -0.4 is 10.2 Å². The van der Waals surface area contributed by atoms with E-state index in [2.05, 4.69) is 20.2 Å². The fourth-order valence-corrected chi connectivity index (χ4v) is 3.17. The number of aromatic hydroxyl groups is 2. The van der Waals surface area contributed by atoms with E-state index in [9.17, 15) is 33.5 Å².